The molecule has 1 aliphatic heterocycles. The number of halogens is 2. The van der Waals surface area contributed by atoms with Crippen molar-refractivity contribution >= 4 is 45.9 Å². The Morgan fingerprint density at radius 1 is 1.37 bits per heavy atom. The number of fused-ring (bicyclic) bond motifs is 1. The standard InChI is InChI=1S/C21H22Cl2N4O3/c1-13-10-26(12-24-13)17-9-18(25-21-15(17)4-5-16(22)20(21)23)27-7-2-3-14(27)11-30-8-6-19(28)29/h4-5,9-10,12,14H,2-3,6-8,11H2,1H3,(H,28,29)/t14-/m0/s1. The molecule has 0 radical (unpaired) electrons. The quantitative estimate of drug-likeness (QED) is 0.536. The van der Waals surface area contributed by atoms with E-state index in [0.717, 1.165) is 42.0 Å². The summed E-state index contributed by atoms with van der Waals surface area (Å²) in [7, 11) is 0. The topological polar surface area (TPSA) is 80.5 Å². The first-order chi connectivity index (χ1) is 14.4. The number of rotatable bonds is 7. The van der Waals surface area contributed by atoms with E-state index in [1.807, 2.05) is 29.8 Å². The van der Waals surface area contributed by atoms with Crippen LogP contribution < -0.4 is 4.90 Å². The molecule has 0 unspecified atom stereocenters. The maximum Gasteiger partial charge on any atom is 0.305 e. The Morgan fingerprint density at radius 3 is 2.93 bits per heavy atom. The molecule has 1 aromatic carbocycles. The van der Waals surface area contributed by atoms with Crippen LogP contribution in [0.3, 0.4) is 0 Å². The van der Waals surface area contributed by atoms with Crippen molar-refractivity contribution in [2.24, 2.45) is 0 Å². The van der Waals surface area contributed by atoms with Crippen molar-refractivity contribution in [3.8, 4) is 5.69 Å². The van der Waals surface area contributed by atoms with Gasteiger partial charge in [-0.05, 0) is 31.9 Å². The van der Waals surface area contributed by atoms with Gasteiger partial charge in [-0.25, -0.2) is 9.97 Å². The second-order valence-electron chi connectivity index (χ2n) is 7.39. The first-order valence-electron chi connectivity index (χ1n) is 9.80. The summed E-state index contributed by atoms with van der Waals surface area (Å²) >= 11 is 12.8. The molecule has 30 heavy (non-hydrogen) atoms. The number of carboxylic acid groups (broad SMARTS) is 1. The van der Waals surface area contributed by atoms with Crippen LogP contribution in [0.25, 0.3) is 16.6 Å². The van der Waals surface area contributed by atoms with E-state index in [9.17, 15) is 4.79 Å². The first kappa shape index (κ1) is 20.9. The Kier molecular flexibility index (Phi) is 6.13. The Hall–Kier alpha value is -2.35. The highest BCUT2D eigenvalue weighted by Gasteiger charge is 2.27. The number of aromatic nitrogens is 3. The molecule has 1 aliphatic rings. The number of ether oxygens (including phenoxy) is 1. The van der Waals surface area contributed by atoms with Crippen LogP contribution in [-0.4, -0.2) is 51.4 Å². The maximum atomic E-state index is 10.7. The first-order valence-corrected chi connectivity index (χ1v) is 10.6. The van der Waals surface area contributed by atoms with Crippen molar-refractivity contribution in [3.63, 3.8) is 0 Å². The molecule has 3 heterocycles. The summed E-state index contributed by atoms with van der Waals surface area (Å²) in [5.41, 5.74) is 2.47. The zero-order valence-electron chi connectivity index (χ0n) is 16.5. The fraction of sp³-hybridized carbons (Fsp3) is 0.381. The molecular formula is C21H22Cl2N4O3. The molecule has 0 amide bonds. The van der Waals surface area contributed by atoms with Gasteiger partial charge in [-0.1, -0.05) is 23.2 Å². The Morgan fingerprint density at radius 2 is 2.20 bits per heavy atom. The number of anilines is 1. The third-order valence-electron chi connectivity index (χ3n) is 5.27. The van der Waals surface area contributed by atoms with E-state index in [4.69, 9.17) is 38.0 Å². The summed E-state index contributed by atoms with van der Waals surface area (Å²) in [5, 5.41) is 10.6. The molecule has 9 heteroatoms. The SMILES string of the molecule is Cc1cn(-c2cc(N3CCC[C@H]3COCCC(=O)O)nc3c(Cl)c(Cl)ccc23)cn1. The van der Waals surface area contributed by atoms with Crippen LogP contribution in [-0.2, 0) is 9.53 Å². The molecule has 1 saturated heterocycles. The van der Waals surface area contributed by atoms with Gasteiger partial charge in [-0.2, -0.15) is 0 Å². The van der Waals surface area contributed by atoms with Crippen LogP contribution in [0.2, 0.25) is 10.0 Å². The molecule has 0 spiro atoms. The van der Waals surface area contributed by atoms with Crippen molar-refractivity contribution in [2.45, 2.75) is 32.2 Å². The Balaban J connectivity index is 1.71. The van der Waals surface area contributed by atoms with Crippen LogP contribution in [0.5, 0.6) is 0 Å². The monoisotopic (exact) mass is 448 g/mol. The summed E-state index contributed by atoms with van der Waals surface area (Å²) in [6.07, 6.45) is 5.69. The van der Waals surface area contributed by atoms with Gasteiger partial charge in [0.25, 0.3) is 0 Å². The summed E-state index contributed by atoms with van der Waals surface area (Å²) in [6, 6.07) is 5.85. The number of hydrogen-bond acceptors (Lipinski definition) is 5. The van der Waals surface area contributed by atoms with Gasteiger partial charge in [0.15, 0.2) is 0 Å². The number of aliphatic carboxylic acids is 1. The van der Waals surface area contributed by atoms with Crippen molar-refractivity contribution in [3.05, 3.63) is 46.5 Å². The molecule has 0 saturated carbocycles. The molecule has 158 valence electrons. The van der Waals surface area contributed by atoms with E-state index in [1.54, 1.807) is 12.4 Å². The third kappa shape index (κ3) is 4.24. The summed E-state index contributed by atoms with van der Waals surface area (Å²) in [5.74, 6) is -0.0707. The van der Waals surface area contributed by atoms with Crippen molar-refractivity contribution in [1.29, 1.82) is 0 Å². The number of benzene rings is 1. The van der Waals surface area contributed by atoms with Crippen LogP contribution in [0.1, 0.15) is 25.0 Å². The minimum absolute atomic E-state index is 0.000813. The van der Waals surface area contributed by atoms with Crippen molar-refractivity contribution in [2.75, 3.05) is 24.7 Å². The van der Waals surface area contributed by atoms with E-state index in [1.165, 1.54) is 0 Å². The van der Waals surface area contributed by atoms with Crippen LogP contribution in [0.15, 0.2) is 30.7 Å². The lowest BCUT2D eigenvalue weighted by Gasteiger charge is -2.27. The van der Waals surface area contributed by atoms with Gasteiger partial charge in [-0.15, -0.1) is 0 Å². The zero-order valence-corrected chi connectivity index (χ0v) is 18.0. The molecule has 2 aromatic heterocycles. The number of nitrogens with zero attached hydrogens (tertiary/aromatic N) is 4. The average Bonchev–Trinajstić information content (AvgIpc) is 3.36. The van der Waals surface area contributed by atoms with Crippen LogP contribution in [0.4, 0.5) is 5.82 Å². The van der Waals surface area contributed by atoms with Gasteiger partial charge in [0, 0.05) is 24.2 Å². The predicted molar refractivity (Wildman–Crippen MR) is 117 cm³/mol. The highest BCUT2D eigenvalue weighted by molar-refractivity contribution is 6.45. The number of imidazole rings is 1. The van der Waals surface area contributed by atoms with Gasteiger partial charge in [0.1, 0.15) is 5.82 Å². The second kappa shape index (κ2) is 8.79. The van der Waals surface area contributed by atoms with E-state index < -0.39 is 5.97 Å². The highest BCUT2D eigenvalue weighted by atomic mass is 35.5. The van der Waals surface area contributed by atoms with Gasteiger partial charge in [0.2, 0.25) is 0 Å². The lowest BCUT2D eigenvalue weighted by molar-refractivity contribution is -0.138. The fourth-order valence-corrected chi connectivity index (χ4v) is 4.17. The van der Waals surface area contributed by atoms with Gasteiger partial charge in [-0.3, -0.25) is 4.79 Å². The molecule has 4 rings (SSSR count). The number of aryl methyl sites for hydroxylation is 1. The van der Waals surface area contributed by atoms with Crippen molar-refractivity contribution in [1.82, 2.24) is 14.5 Å². The molecule has 1 fully saturated rings. The molecule has 0 aliphatic carbocycles. The maximum absolute atomic E-state index is 10.7. The van der Waals surface area contributed by atoms with E-state index >= 15 is 0 Å². The van der Waals surface area contributed by atoms with E-state index in [0.29, 0.717) is 22.2 Å². The summed E-state index contributed by atoms with van der Waals surface area (Å²) in [4.78, 5) is 22.1. The minimum atomic E-state index is -0.860. The highest BCUT2D eigenvalue weighted by Crippen LogP contribution is 2.36. The number of hydrogen-bond donors (Lipinski definition) is 1. The third-order valence-corrected chi connectivity index (χ3v) is 6.06. The number of pyridine rings is 1. The fourth-order valence-electron chi connectivity index (χ4n) is 3.81. The number of carboxylic acids is 1. The Labute approximate surface area is 184 Å². The van der Waals surface area contributed by atoms with Gasteiger partial charge >= 0.3 is 5.97 Å². The van der Waals surface area contributed by atoms with Crippen LogP contribution in [0, 0.1) is 6.92 Å². The van der Waals surface area contributed by atoms with Gasteiger partial charge in [0.05, 0.1) is 58.9 Å². The second-order valence-corrected chi connectivity index (χ2v) is 8.17. The minimum Gasteiger partial charge on any atom is -0.481 e. The van der Waals surface area contributed by atoms with Crippen LogP contribution >= 0.6 is 23.2 Å². The Bertz CT molecular complexity index is 1090. The predicted octanol–water partition coefficient (Wildman–Crippen LogP) is 4.50. The zero-order chi connectivity index (χ0) is 21.3. The van der Waals surface area contributed by atoms with Crippen molar-refractivity contribution < 1.29 is 14.6 Å². The summed E-state index contributed by atoms with van der Waals surface area (Å²) in [6.45, 7) is 3.43. The number of carbonyl (C=O) groups is 1. The summed E-state index contributed by atoms with van der Waals surface area (Å²) < 4.78 is 7.58. The lowest BCUT2D eigenvalue weighted by Crippen LogP contribution is -2.34. The lowest BCUT2D eigenvalue weighted by atomic mass is 10.1. The average molecular weight is 449 g/mol. The molecule has 1 atom stereocenters. The smallest absolute Gasteiger partial charge is 0.305 e. The molecule has 3 aromatic rings. The molecule has 7 nitrogen and oxygen atoms in total. The molecule has 0 bridgehead atoms. The van der Waals surface area contributed by atoms with Gasteiger partial charge < -0.3 is 19.3 Å². The molecule has 1 N–H and O–H groups in total. The molecular weight excluding hydrogens is 427 g/mol. The largest absolute Gasteiger partial charge is 0.481 e. The van der Waals surface area contributed by atoms with E-state index in [-0.39, 0.29) is 19.1 Å². The van der Waals surface area contributed by atoms with E-state index in [2.05, 4.69) is 9.88 Å². The normalized spacial score (nSPS) is 16.5.